The Morgan fingerprint density at radius 1 is 1.24 bits per heavy atom. The zero-order chi connectivity index (χ0) is 15.1. The second kappa shape index (κ2) is 7.67. The van der Waals surface area contributed by atoms with Crippen molar-refractivity contribution >= 4 is 11.8 Å². The summed E-state index contributed by atoms with van der Waals surface area (Å²) in [6.45, 7) is 3.75. The Kier molecular flexibility index (Phi) is 5.60. The van der Waals surface area contributed by atoms with Crippen LogP contribution in [0.5, 0.6) is 5.75 Å². The molecule has 0 radical (unpaired) electrons. The summed E-state index contributed by atoms with van der Waals surface area (Å²) >= 11 is 0. The minimum atomic E-state index is -0.280. The lowest BCUT2D eigenvalue weighted by Crippen LogP contribution is -2.44. The molecule has 0 aliphatic carbocycles. The fourth-order valence-corrected chi connectivity index (χ4v) is 2.26. The summed E-state index contributed by atoms with van der Waals surface area (Å²) in [7, 11) is 0. The minimum Gasteiger partial charge on any atom is -0.484 e. The van der Waals surface area contributed by atoms with Gasteiger partial charge in [-0.05, 0) is 30.9 Å². The standard InChI is InChI=1S/C16H22N2O3/c1-13-7-9-18(10-8-13)16(20)11-17-15(19)12-21-14-5-3-2-4-6-14/h2-6,13H,7-12H2,1H3,(H,17,19). The molecule has 114 valence electrons. The molecule has 5 nitrogen and oxygen atoms in total. The topological polar surface area (TPSA) is 58.6 Å². The Hall–Kier alpha value is -2.04. The predicted octanol–water partition coefficient (Wildman–Crippen LogP) is 1.44. The first-order valence-corrected chi connectivity index (χ1v) is 7.37. The van der Waals surface area contributed by atoms with E-state index in [1.54, 1.807) is 12.1 Å². The highest BCUT2D eigenvalue weighted by molar-refractivity contribution is 5.85. The molecular formula is C16H22N2O3. The van der Waals surface area contributed by atoms with Gasteiger partial charge in [0.05, 0.1) is 6.54 Å². The van der Waals surface area contributed by atoms with Crippen molar-refractivity contribution in [2.75, 3.05) is 26.2 Å². The lowest BCUT2D eigenvalue weighted by Gasteiger charge is -2.30. The second-order valence-electron chi connectivity index (χ2n) is 5.44. The van der Waals surface area contributed by atoms with Crippen LogP contribution in [0.3, 0.4) is 0 Å². The number of carbonyl (C=O) groups is 2. The van der Waals surface area contributed by atoms with Crippen molar-refractivity contribution in [1.29, 1.82) is 0 Å². The molecule has 1 aliphatic rings. The Morgan fingerprint density at radius 3 is 2.57 bits per heavy atom. The van der Waals surface area contributed by atoms with Gasteiger partial charge < -0.3 is 15.0 Å². The summed E-state index contributed by atoms with van der Waals surface area (Å²) in [5, 5.41) is 2.61. The molecule has 1 aromatic rings. The van der Waals surface area contributed by atoms with Gasteiger partial charge in [0.2, 0.25) is 5.91 Å². The summed E-state index contributed by atoms with van der Waals surface area (Å²) in [4.78, 5) is 25.4. The molecule has 21 heavy (non-hydrogen) atoms. The van der Waals surface area contributed by atoms with Crippen molar-refractivity contribution in [2.45, 2.75) is 19.8 Å². The number of likely N-dealkylation sites (tertiary alicyclic amines) is 1. The number of amides is 2. The summed E-state index contributed by atoms with van der Waals surface area (Å²) in [5.74, 6) is 1.03. The summed E-state index contributed by atoms with van der Waals surface area (Å²) in [5.41, 5.74) is 0. The molecule has 1 fully saturated rings. The van der Waals surface area contributed by atoms with E-state index >= 15 is 0 Å². The normalized spacial score (nSPS) is 15.6. The van der Waals surface area contributed by atoms with E-state index in [1.165, 1.54) is 0 Å². The van der Waals surface area contributed by atoms with E-state index in [-0.39, 0.29) is 25.0 Å². The van der Waals surface area contributed by atoms with Crippen molar-refractivity contribution in [2.24, 2.45) is 5.92 Å². The van der Waals surface area contributed by atoms with Gasteiger partial charge in [-0.1, -0.05) is 25.1 Å². The third kappa shape index (κ3) is 5.10. The maximum atomic E-state index is 12.0. The number of nitrogens with zero attached hydrogens (tertiary/aromatic N) is 1. The van der Waals surface area contributed by atoms with E-state index in [0.717, 1.165) is 25.9 Å². The van der Waals surface area contributed by atoms with Crippen LogP contribution >= 0.6 is 0 Å². The van der Waals surface area contributed by atoms with Gasteiger partial charge in [0.1, 0.15) is 5.75 Å². The van der Waals surface area contributed by atoms with E-state index in [9.17, 15) is 9.59 Å². The van der Waals surface area contributed by atoms with Gasteiger partial charge >= 0.3 is 0 Å². The zero-order valence-corrected chi connectivity index (χ0v) is 12.4. The molecule has 1 saturated heterocycles. The maximum Gasteiger partial charge on any atom is 0.258 e. The van der Waals surface area contributed by atoms with E-state index < -0.39 is 0 Å². The molecule has 5 heteroatoms. The number of nitrogens with one attached hydrogen (secondary N) is 1. The smallest absolute Gasteiger partial charge is 0.258 e. The number of hydrogen-bond donors (Lipinski definition) is 1. The molecule has 1 N–H and O–H groups in total. The Morgan fingerprint density at radius 2 is 1.90 bits per heavy atom. The van der Waals surface area contributed by atoms with Gasteiger partial charge in [-0.3, -0.25) is 9.59 Å². The minimum absolute atomic E-state index is 0.0186. The van der Waals surface area contributed by atoms with Crippen LogP contribution in [0.2, 0.25) is 0 Å². The van der Waals surface area contributed by atoms with Crippen molar-refractivity contribution < 1.29 is 14.3 Å². The molecule has 2 amide bonds. The van der Waals surface area contributed by atoms with Crippen LogP contribution in [-0.4, -0.2) is 43.0 Å². The number of para-hydroxylation sites is 1. The van der Waals surface area contributed by atoms with Gasteiger partial charge in [0.15, 0.2) is 6.61 Å². The largest absolute Gasteiger partial charge is 0.484 e. The molecular weight excluding hydrogens is 268 g/mol. The molecule has 1 heterocycles. The van der Waals surface area contributed by atoms with E-state index in [0.29, 0.717) is 11.7 Å². The average molecular weight is 290 g/mol. The first-order valence-electron chi connectivity index (χ1n) is 7.37. The lowest BCUT2D eigenvalue weighted by atomic mass is 9.99. The van der Waals surface area contributed by atoms with Crippen LogP contribution in [0.4, 0.5) is 0 Å². The Labute approximate surface area is 125 Å². The molecule has 0 unspecified atom stereocenters. The van der Waals surface area contributed by atoms with Crippen LogP contribution in [0.25, 0.3) is 0 Å². The number of carbonyl (C=O) groups excluding carboxylic acids is 2. The summed E-state index contributed by atoms with van der Waals surface area (Å²) in [6, 6.07) is 9.13. The predicted molar refractivity (Wildman–Crippen MR) is 79.9 cm³/mol. The third-order valence-corrected chi connectivity index (χ3v) is 3.69. The first-order chi connectivity index (χ1) is 10.1. The van der Waals surface area contributed by atoms with E-state index in [2.05, 4.69) is 12.2 Å². The van der Waals surface area contributed by atoms with Gasteiger partial charge in [-0.15, -0.1) is 0 Å². The van der Waals surface area contributed by atoms with Gasteiger partial charge in [0, 0.05) is 13.1 Å². The number of ether oxygens (including phenoxy) is 1. The van der Waals surface area contributed by atoms with Crippen molar-refractivity contribution in [1.82, 2.24) is 10.2 Å². The molecule has 2 rings (SSSR count). The average Bonchev–Trinajstić information content (AvgIpc) is 2.52. The van der Waals surface area contributed by atoms with E-state index in [4.69, 9.17) is 4.74 Å². The monoisotopic (exact) mass is 290 g/mol. The zero-order valence-electron chi connectivity index (χ0n) is 12.4. The Bertz CT molecular complexity index is 468. The molecule has 0 aromatic heterocycles. The summed E-state index contributed by atoms with van der Waals surface area (Å²) < 4.78 is 5.32. The van der Waals surface area contributed by atoms with Crippen molar-refractivity contribution in [3.63, 3.8) is 0 Å². The maximum absolute atomic E-state index is 12.0. The molecule has 0 spiro atoms. The molecule has 1 aliphatic heterocycles. The van der Waals surface area contributed by atoms with Crippen LogP contribution in [-0.2, 0) is 9.59 Å². The molecule has 0 saturated carbocycles. The Balaban J connectivity index is 1.65. The lowest BCUT2D eigenvalue weighted by molar-refractivity contribution is -0.134. The van der Waals surface area contributed by atoms with Gasteiger partial charge in [-0.25, -0.2) is 0 Å². The number of rotatable bonds is 5. The highest BCUT2D eigenvalue weighted by atomic mass is 16.5. The van der Waals surface area contributed by atoms with E-state index in [1.807, 2.05) is 23.1 Å². The van der Waals surface area contributed by atoms with Gasteiger partial charge in [0.25, 0.3) is 5.91 Å². The molecule has 0 atom stereocenters. The summed E-state index contributed by atoms with van der Waals surface area (Å²) in [6.07, 6.45) is 2.08. The fraction of sp³-hybridized carbons (Fsp3) is 0.500. The second-order valence-corrected chi connectivity index (χ2v) is 5.44. The highest BCUT2D eigenvalue weighted by Crippen LogP contribution is 2.15. The molecule has 0 bridgehead atoms. The van der Waals surface area contributed by atoms with Gasteiger partial charge in [-0.2, -0.15) is 0 Å². The number of hydrogen-bond acceptors (Lipinski definition) is 3. The highest BCUT2D eigenvalue weighted by Gasteiger charge is 2.20. The van der Waals surface area contributed by atoms with Crippen molar-refractivity contribution in [3.8, 4) is 5.75 Å². The SMILES string of the molecule is CC1CCN(C(=O)CNC(=O)COc2ccccc2)CC1. The number of piperidine rings is 1. The van der Waals surface area contributed by atoms with Crippen LogP contribution < -0.4 is 10.1 Å². The number of benzene rings is 1. The first kappa shape index (κ1) is 15.4. The van der Waals surface area contributed by atoms with Crippen LogP contribution in [0.15, 0.2) is 30.3 Å². The van der Waals surface area contributed by atoms with Crippen LogP contribution in [0, 0.1) is 5.92 Å². The third-order valence-electron chi connectivity index (χ3n) is 3.69. The van der Waals surface area contributed by atoms with Crippen LogP contribution in [0.1, 0.15) is 19.8 Å². The molecule has 1 aromatic carbocycles. The van der Waals surface area contributed by atoms with Crippen molar-refractivity contribution in [3.05, 3.63) is 30.3 Å². The fourth-order valence-electron chi connectivity index (χ4n) is 2.26. The quantitative estimate of drug-likeness (QED) is 0.892.